The number of aliphatic carboxylic acids is 2. The highest BCUT2D eigenvalue weighted by atomic mass is 32.2. The first-order valence-corrected chi connectivity index (χ1v) is 11.5. The summed E-state index contributed by atoms with van der Waals surface area (Å²) in [6.45, 7) is 4.29. The lowest BCUT2D eigenvalue weighted by atomic mass is 9.61. The molecule has 164 valence electrons. The standard InChI is InChI=1S/C21H27NO7S/c1-4-12-17(30(28,29)13-9-7-6-8-11(13)3)15-16(18(24)25)20(15,5-2)21(12,19(26)27)14(23)10-22/h6-9,12,15-17H,4-5,10,22H2,1-3H3,(H,24,25)(H,26,27). The van der Waals surface area contributed by atoms with Crippen LogP contribution in [0.25, 0.3) is 0 Å². The fourth-order valence-corrected chi connectivity index (χ4v) is 9.18. The number of carboxylic acid groups (broad SMARTS) is 2. The molecule has 2 fully saturated rings. The summed E-state index contributed by atoms with van der Waals surface area (Å²) in [5, 5.41) is 18.9. The van der Waals surface area contributed by atoms with Crippen molar-refractivity contribution < 1.29 is 33.0 Å². The van der Waals surface area contributed by atoms with Gasteiger partial charge >= 0.3 is 11.9 Å². The Balaban J connectivity index is 2.36. The molecule has 6 atom stereocenters. The van der Waals surface area contributed by atoms with E-state index in [4.69, 9.17) is 5.73 Å². The maximum atomic E-state index is 13.8. The Labute approximate surface area is 175 Å². The van der Waals surface area contributed by atoms with Crippen molar-refractivity contribution in [1.29, 1.82) is 0 Å². The van der Waals surface area contributed by atoms with Crippen molar-refractivity contribution in [3.63, 3.8) is 0 Å². The van der Waals surface area contributed by atoms with E-state index in [1.165, 1.54) is 6.07 Å². The molecule has 0 bridgehead atoms. The third-order valence-electron chi connectivity index (χ3n) is 7.45. The Bertz CT molecular complexity index is 1020. The largest absolute Gasteiger partial charge is 0.481 e. The molecule has 3 rings (SSSR count). The number of ketones is 1. The van der Waals surface area contributed by atoms with Gasteiger partial charge in [-0.15, -0.1) is 0 Å². The molecule has 4 N–H and O–H groups in total. The molecule has 0 spiro atoms. The molecule has 8 nitrogen and oxygen atoms in total. The smallest absolute Gasteiger partial charge is 0.318 e. The van der Waals surface area contributed by atoms with Crippen molar-refractivity contribution >= 4 is 27.6 Å². The quantitative estimate of drug-likeness (QED) is 0.518. The second kappa shape index (κ2) is 7.16. The fraction of sp³-hybridized carbons (Fsp3) is 0.571. The zero-order chi connectivity index (χ0) is 22.6. The molecule has 2 saturated carbocycles. The van der Waals surface area contributed by atoms with Crippen LogP contribution in [-0.2, 0) is 24.2 Å². The van der Waals surface area contributed by atoms with E-state index in [-0.39, 0.29) is 17.7 Å². The average molecular weight is 438 g/mol. The summed E-state index contributed by atoms with van der Waals surface area (Å²) in [6, 6.07) is 6.33. The van der Waals surface area contributed by atoms with Crippen LogP contribution in [0.4, 0.5) is 0 Å². The third-order valence-corrected chi connectivity index (χ3v) is 9.86. The van der Waals surface area contributed by atoms with E-state index in [2.05, 4.69) is 0 Å². The summed E-state index contributed by atoms with van der Waals surface area (Å²) in [5.41, 5.74) is 2.44. The molecular weight excluding hydrogens is 410 g/mol. The van der Waals surface area contributed by atoms with Crippen molar-refractivity contribution in [3.05, 3.63) is 29.8 Å². The van der Waals surface area contributed by atoms with Crippen molar-refractivity contribution in [2.24, 2.45) is 34.3 Å². The van der Waals surface area contributed by atoms with Gasteiger partial charge in [0.25, 0.3) is 0 Å². The molecule has 9 heteroatoms. The van der Waals surface area contributed by atoms with Crippen LogP contribution in [0.5, 0.6) is 0 Å². The van der Waals surface area contributed by atoms with Gasteiger partial charge in [0.2, 0.25) is 0 Å². The minimum absolute atomic E-state index is 0.0379. The molecule has 0 amide bonds. The third kappa shape index (κ3) is 2.42. The lowest BCUT2D eigenvalue weighted by Gasteiger charge is -2.40. The second-order valence-electron chi connectivity index (χ2n) is 8.27. The van der Waals surface area contributed by atoms with Crippen LogP contribution >= 0.6 is 0 Å². The number of hydrogen-bond acceptors (Lipinski definition) is 6. The van der Waals surface area contributed by atoms with E-state index >= 15 is 0 Å². The van der Waals surface area contributed by atoms with E-state index in [0.717, 1.165) is 0 Å². The zero-order valence-corrected chi connectivity index (χ0v) is 18.0. The zero-order valence-electron chi connectivity index (χ0n) is 17.2. The van der Waals surface area contributed by atoms with Gasteiger partial charge in [-0.1, -0.05) is 38.5 Å². The normalized spacial score (nSPS) is 34.9. The van der Waals surface area contributed by atoms with E-state index in [0.29, 0.717) is 5.56 Å². The first-order chi connectivity index (χ1) is 14.0. The van der Waals surface area contributed by atoms with Gasteiger partial charge in [0.15, 0.2) is 15.6 Å². The van der Waals surface area contributed by atoms with Gasteiger partial charge in [-0.3, -0.25) is 14.4 Å². The van der Waals surface area contributed by atoms with Crippen LogP contribution in [0.1, 0.15) is 32.3 Å². The van der Waals surface area contributed by atoms with Crippen LogP contribution in [0.3, 0.4) is 0 Å². The number of sulfone groups is 1. The molecule has 2 aliphatic carbocycles. The number of hydrogen-bond donors (Lipinski definition) is 3. The molecule has 0 radical (unpaired) electrons. The number of aryl methyl sites for hydroxylation is 1. The number of fused-ring (bicyclic) bond motifs is 1. The molecule has 30 heavy (non-hydrogen) atoms. The van der Waals surface area contributed by atoms with Crippen molar-refractivity contribution in [3.8, 4) is 0 Å². The van der Waals surface area contributed by atoms with Gasteiger partial charge in [-0.25, -0.2) is 8.42 Å². The van der Waals surface area contributed by atoms with Crippen LogP contribution in [0, 0.1) is 35.5 Å². The summed E-state index contributed by atoms with van der Waals surface area (Å²) in [5.74, 6) is -6.85. The highest BCUT2D eigenvalue weighted by Gasteiger charge is 2.90. The van der Waals surface area contributed by atoms with E-state index in [1.54, 1.807) is 39.0 Å². The first-order valence-electron chi connectivity index (χ1n) is 10.0. The van der Waals surface area contributed by atoms with Crippen LogP contribution in [-0.4, -0.2) is 48.1 Å². The number of benzene rings is 1. The maximum absolute atomic E-state index is 13.8. The van der Waals surface area contributed by atoms with Crippen LogP contribution < -0.4 is 5.73 Å². The number of carbonyl (C=O) groups is 3. The average Bonchev–Trinajstić information content (AvgIpc) is 3.28. The minimum Gasteiger partial charge on any atom is -0.481 e. The molecule has 1 aromatic rings. The predicted octanol–water partition coefficient (Wildman–Crippen LogP) is 1.50. The van der Waals surface area contributed by atoms with Gasteiger partial charge < -0.3 is 15.9 Å². The number of carboxylic acids is 2. The summed E-state index contributed by atoms with van der Waals surface area (Å²) in [4.78, 5) is 37.9. The number of rotatable bonds is 8. The fourth-order valence-electron chi connectivity index (χ4n) is 6.48. The van der Waals surface area contributed by atoms with Crippen LogP contribution in [0.15, 0.2) is 29.2 Å². The molecule has 0 aliphatic heterocycles. The summed E-state index contributed by atoms with van der Waals surface area (Å²) < 4.78 is 27.6. The number of carbonyl (C=O) groups excluding carboxylic acids is 1. The Morgan fingerprint density at radius 1 is 1.13 bits per heavy atom. The minimum atomic E-state index is -4.12. The summed E-state index contributed by atoms with van der Waals surface area (Å²) in [6.07, 6.45) is 0.154. The van der Waals surface area contributed by atoms with E-state index in [9.17, 15) is 33.0 Å². The molecule has 0 saturated heterocycles. The van der Waals surface area contributed by atoms with Gasteiger partial charge in [0, 0.05) is 5.41 Å². The number of Topliss-reactive ketones (excluding diaryl/α,β-unsaturated/α-hetero) is 1. The Morgan fingerprint density at radius 3 is 2.17 bits per heavy atom. The SMILES string of the molecule is CCC1C(S(=O)(=O)c2ccccc2C)C2C(C(=O)O)C2(CC)C1(C(=O)O)C(=O)CN. The van der Waals surface area contributed by atoms with Gasteiger partial charge in [-0.05, 0) is 36.8 Å². The Kier molecular flexibility index (Phi) is 5.35. The van der Waals surface area contributed by atoms with Gasteiger partial charge in [0.05, 0.1) is 22.6 Å². The topological polar surface area (TPSA) is 152 Å². The van der Waals surface area contributed by atoms with Crippen molar-refractivity contribution in [2.45, 2.75) is 43.8 Å². The highest BCUT2D eigenvalue weighted by Crippen LogP contribution is 2.81. The van der Waals surface area contributed by atoms with Crippen molar-refractivity contribution in [1.82, 2.24) is 0 Å². The first kappa shape index (κ1) is 22.4. The molecule has 2 aliphatic rings. The Hall–Kier alpha value is -2.26. The predicted molar refractivity (Wildman–Crippen MR) is 107 cm³/mol. The monoisotopic (exact) mass is 437 g/mol. The molecule has 0 heterocycles. The summed E-state index contributed by atoms with van der Waals surface area (Å²) >= 11 is 0. The highest BCUT2D eigenvalue weighted by molar-refractivity contribution is 7.92. The molecule has 0 aromatic heterocycles. The number of nitrogens with two attached hydrogens (primary N) is 1. The molecule has 1 aromatic carbocycles. The molecule has 6 unspecified atom stereocenters. The van der Waals surface area contributed by atoms with Gasteiger partial charge in [0.1, 0.15) is 5.41 Å². The second-order valence-corrected chi connectivity index (χ2v) is 10.3. The van der Waals surface area contributed by atoms with Crippen LogP contribution in [0.2, 0.25) is 0 Å². The molecular formula is C21H27NO7S. The summed E-state index contributed by atoms with van der Waals surface area (Å²) in [7, 11) is -4.12. The van der Waals surface area contributed by atoms with Gasteiger partial charge in [-0.2, -0.15) is 0 Å². The lowest BCUT2D eigenvalue weighted by molar-refractivity contribution is -0.165. The van der Waals surface area contributed by atoms with E-state index < -0.39 is 67.9 Å². The lowest BCUT2D eigenvalue weighted by Crippen LogP contribution is -2.56. The Morgan fingerprint density at radius 2 is 1.73 bits per heavy atom. The van der Waals surface area contributed by atoms with Crippen molar-refractivity contribution in [2.75, 3.05) is 6.54 Å². The maximum Gasteiger partial charge on any atom is 0.318 e. The van der Waals surface area contributed by atoms with E-state index in [1.807, 2.05) is 0 Å².